The van der Waals surface area contributed by atoms with Gasteiger partial charge in [0.25, 0.3) is 11.8 Å². The number of oxime groups is 1. The van der Waals surface area contributed by atoms with Crippen molar-refractivity contribution in [2.75, 3.05) is 12.4 Å². The van der Waals surface area contributed by atoms with Crippen LogP contribution >= 0.6 is 24.4 Å². The summed E-state index contributed by atoms with van der Waals surface area (Å²) in [5.74, 6) is -1.84. The zero-order valence-electron chi connectivity index (χ0n) is 17.3. The minimum absolute atomic E-state index is 0.161. The minimum Gasteiger partial charge on any atom is -0.479 e. The molecule has 33 heavy (non-hydrogen) atoms. The number of thiol groups is 1. The quantitative estimate of drug-likeness (QED) is 0.236. The number of rotatable bonds is 7. The van der Waals surface area contributed by atoms with Crippen molar-refractivity contribution >= 4 is 63.8 Å². The monoisotopic (exact) mass is 485 g/mol. The number of β-lactam (4-membered cyclic amide) rings is 1. The van der Waals surface area contributed by atoms with Gasteiger partial charge < -0.3 is 15.3 Å². The van der Waals surface area contributed by atoms with Crippen LogP contribution in [0.3, 0.4) is 0 Å². The Kier molecular flexibility index (Phi) is 6.43. The summed E-state index contributed by atoms with van der Waals surface area (Å²) in [7, 11) is 0. The number of carbonyl (C=O) groups is 4. The summed E-state index contributed by atoms with van der Waals surface area (Å²) in [5, 5.41) is 16.1. The Hall–Kier alpha value is -3.31. The van der Waals surface area contributed by atoms with Gasteiger partial charge in [0.05, 0.1) is 5.70 Å². The van der Waals surface area contributed by atoms with Gasteiger partial charge in [-0.3, -0.25) is 19.3 Å². The predicted molar refractivity (Wildman–Crippen MR) is 126 cm³/mol. The Balaban J connectivity index is 1.59. The molecule has 9 nitrogen and oxygen atoms in total. The number of benzene rings is 2. The summed E-state index contributed by atoms with van der Waals surface area (Å²) < 4.78 is 0. The molecule has 0 aromatic heterocycles. The third kappa shape index (κ3) is 4.46. The maximum Gasteiger partial charge on any atom is 0.344 e. The van der Waals surface area contributed by atoms with E-state index in [0.717, 1.165) is 16.3 Å². The topological polar surface area (TPSA) is 125 Å². The Labute approximate surface area is 198 Å². The average Bonchev–Trinajstić information content (AvgIpc) is 2.79. The van der Waals surface area contributed by atoms with Crippen LogP contribution < -0.4 is 5.32 Å². The van der Waals surface area contributed by atoms with Crippen LogP contribution in [0.15, 0.2) is 58.9 Å². The van der Waals surface area contributed by atoms with Gasteiger partial charge in [-0.1, -0.05) is 54.2 Å². The lowest BCUT2D eigenvalue weighted by atomic mass is 10.0. The standard InChI is InChI=1S/C22H19N3O6S2/c1-11-10-33-21-17(20(29)25(21)18(11)22(30)32)23-19(28)16(24-31-9-15(26)27)14-7-6-12-4-2-3-5-13(12)8-14/h2-8,17,21H,9-10H2,1H3,(H,23,28)(H,26,27)(H,30,32)/t17?,21-/m1/s1. The second-order valence-corrected chi connectivity index (χ2v) is 8.98. The number of carboxylic acid groups (broad SMARTS) is 1. The van der Waals surface area contributed by atoms with Gasteiger partial charge in [-0.2, -0.15) is 0 Å². The molecule has 0 saturated carbocycles. The highest BCUT2D eigenvalue weighted by molar-refractivity contribution is 8.00. The Morgan fingerprint density at radius 3 is 2.67 bits per heavy atom. The highest BCUT2D eigenvalue weighted by Gasteiger charge is 2.53. The van der Waals surface area contributed by atoms with Crippen molar-refractivity contribution in [2.24, 2.45) is 5.16 Å². The van der Waals surface area contributed by atoms with Crippen molar-refractivity contribution in [3.63, 3.8) is 0 Å². The number of thioether (sulfide) groups is 1. The molecule has 0 aliphatic carbocycles. The molecule has 0 bridgehead atoms. The van der Waals surface area contributed by atoms with Crippen LogP contribution in [0.25, 0.3) is 10.8 Å². The molecule has 1 saturated heterocycles. The maximum absolute atomic E-state index is 13.1. The van der Waals surface area contributed by atoms with Crippen LogP contribution in [0.4, 0.5) is 0 Å². The van der Waals surface area contributed by atoms with E-state index in [1.165, 1.54) is 16.7 Å². The molecule has 2 amide bonds. The number of nitrogens with one attached hydrogen (secondary N) is 1. The second-order valence-electron chi connectivity index (χ2n) is 7.46. The number of aliphatic carboxylic acids is 1. The summed E-state index contributed by atoms with van der Waals surface area (Å²) in [6.07, 6.45) is 0. The Morgan fingerprint density at radius 2 is 1.97 bits per heavy atom. The van der Waals surface area contributed by atoms with Gasteiger partial charge in [0.2, 0.25) is 11.7 Å². The molecular weight excluding hydrogens is 466 g/mol. The normalized spacial score (nSPS) is 20.2. The Bertz CT molecular complexity index is 1240. The zero-order valence-corrected chi connectivity index (χ0v) is 19.1. The molecule has 4 rings (SSSR count). The fraction of sp³-hybridized carbons (Fsp3) is 0.227. The van der Waals surface area contributed by atoms with E-state index in [1.54, 1.807) is 25.1 Å². The molecule has 170 valence electrons. The summed E-state index contributed by atoms with van der Waals surface area (Å²) >= 11 is 5.29. The molecule has 1 unspecified atom stereocenters. The number of carbonyl (C=O) groups excluding carboxylic acids is 3. The largest absolute Gasteiger partial charge is 0.479 e. The first-order valence-electron chi connectivity index (χ1n) is 9.87. The van der Waals surface area contributed by atoms with E-state index < -0.39 is 40.9 Å². The van der Waals surface area contributed by atoms with E-state index in [4.69, 9.17) is 9.94 Å². The molecule has 0 spiro atoms. The summed E-state index contributed by atoms with van der Waals surface area (Å²) in [6.45, 7) is 1.03. The summed E-state index contributed by atoms with van der Waals surface area (Å²) in [5.41, 5.74) is 1.23. The van der Waals surface area contributed by atoms with Gasteiger partial charge in [0, 0.05) is 11.3 Å². The van der Waals surface area contributed by atoms with Crippen molar-refractivity contribution in [1.82, 2.24) is 10.2 Å². The lowest BCUT2D eigenvalue weighted by molar-refractivity contribution is -0.146. The lowest BCUT2D eigenvalue weighted by Gasteiger charge is -2.49. The zero-order chi connectivity index (χ0) is 23.7. The van der Waals surface area contributed by atoms with E-state index in [2.05, 4.69) is 23.1 Å². The first-order chi connectivity index (χ1) is 15.8. The highest BCUT2D eigenvalue weighted by Crippen LogP contribution is 2.40. The van der Waals surface area contributed by atoms with Gasteiger partial charge in [0.1, 0.15) is 11.4 Å². The molecular formula is C22H19N3O6S2. The molecule has 2 aliphatic heterocycles. The fourth-order valence-electron chi connectivity index (χ4n) is 3.70. The van der Waals surface area contributed by atoms with E-state index in [1.807, 2.05) is 24.3 Å². The molecule has 11 heteroatoms. The van der Waals surface area contributed by atoms with Gasteiger partial charge in [-0.15, -0.1) is 11.8 Å². The lowest BCUT2D eigenvalue weighted by Crippen LogP contribution is -2.70. The number of fused-ring (bicyclic) bond motifs is 2. The van der Waals surface area contributed by atoms with Crippen molar-refractivity contribution in [2.45, 2.75) is 18.3 Å². The molecule has 2 aromatic carbocycles. The number of nitrogens with zero attached hydrogens (tertiary/aromatic N) is 2. The van der Waals surface area contributed by atoms with E-state index in [9.17, 15) is 19.2 Å². The van der Waals surface area contributed by atoms with E-state index >= 15 is 0 Å². The van der Waals surface area contributed by atoms with Gasteiger partial charge in [-0.05, 0) is 29.3 Å². The average molecular weight is 486 g/mol. The number of hydrogen-bond donors (Lipinski definition) is 3. The van der Waals surface area contributed by atoms with Crippen molar-refractivity contribution < 1.29 is 29.1 Å². The highest BCUT2D eigenvalue weighted by atomic mass is 32.2. The summed E-state index contributed by atoms with van der Waals surface area (Å²) in [4.78, 5) is 54.8. The van der Waals surface area contributed by atoms with E-state index in [-0.39, 0.29) is 11.4 Å². The molecule has 2 aliphatic rings. The molecule has 1 fully saturated rings. The summed E-state index contributed by atoms with van der Waals surface area (Å²) in [6, 6.07) is 11.8. The number of carboxylic acids is 1. The SMILES string of the molecule is CC1=C(C(=O)S)N2C(=O)C(NC(=O)C(=NOCC(=O)O)c3ccc4ccccc4c3)[C@H]2SC1. The smallest absolute Gasteiger partial charge is 0.344 e. The molecule has 2 N–H and O–H groups in total. The first-order valence-corrected chi connectivity index (χ1v) is 11.4. The predicted octanol–water partition coefficient (Wildman–Crippen LogP) is 1.78. The fourth-order valence-corrected chi connectivity index (χ4v) is 5.29. The van der Waals surface area contributed by atoms with Crippen molar-refractivity contribution in [1.29, 1.82) is 0 Å². The van der Waals surface area contributed by atoms with Crippen LogP contribution in [-0.4, -0.2) is 62.4 Å². The third-order valence-corrected chi connectivity index (χ3v) is 6.87. The number of amides is 2. The second kappa shape index (κ2) is 9.28. The van der Waals surface area contributed by atoms with Crippen LogP contribution in [0, 0.1) is 0 Å². The van der Waals surface area contributed by atoms with Crippen molar-refractivity contribution in [3.05, 3.63) is 59.3 Å². The van der Waals surface area contributed by atoms with E-state index in [0.29, 0.717) is 11.3 Å². The van der Waals surface area contributed by atoms with Crippen LogP contribution in [-0.2, 0) is 24.0 Å². The third-order valence-electron chi connectivity index (χ3n) is 5.23. The number of hydrogen-bond acceptors (Lipinski definition) is 7. The van der Waals surface area contributed by atoms with Gasteiger partial charge in [-0.25, -0.2) is 4.79 Å². The molecule has 2 atom stereocenters. The molecule has 2 aromatic rings. The first kappa shape index (κ1) is 22.9. The van der Waals surface area contributed by atoms with Crippen LogP contribution in [0.5, 0.6) is 0 Å². The van der Waals surface area contributed by atoms with Crippen LogP contribution in [0.1, 0.15) is 12.5 Å². The Morgan fingerprint density at radius 1 is 1.24 bits per heavy atom. The van der Waals surface area contributed by atoms with Gasteiger partial charge in [0.15, 0.2) is 5.71 Å². The van der Waals surface area contributed by atoms with Gasteiger partial charge >= 0.3 is 5.97 Å². The minimum atomic E-state index is -1.24. The maximum atomic E-state index is 13.1. The molecule has 2 heterocycles. The van der Waals surface area contributed by atoms with Crippen LogP contribution in [0.2, 0.25) is 0 Å². The molecule has 0 radical (unpaired) electrons. The van der Waals surface area contributed by atoms with Crippen molar-refractivity contribution in [3.8, 4) is 0 Å².